The molecule has 0 saturated heterocycles. The molecular formula is C12H19N. The molecule has 0 N–H and O–H groups in total. The molecule has 72 valence electrons. The quantitative estimate of drug-likeness (QED) is 0.686. The van der Waals surface area contributed by atoms with Crippen molar-refractivity contribution in [1.82, 2.24) is 4.98 Å². The van der Waals surface area contributed by atoms with Crippen molar-refractivity contribution in [1.29, 1.82) is 0 Å². The molecule has 0 saturated carbocycles. The minimum atomic E-state index is 0.427. The number of hydrogen-bond donors (Lipinski definition) is 0. The lowest BCUT2D eigenvalue weighted by molar-refractivity contribution is 0.329. The van der Waals surface area contributed by atoms with Gasteiger partial charge in [-0.05, 0) is 36.0 Å². The van der Waals surface area contributed by atoms with Gasteiger partial charge in [0.15, 0.2) is 0 Å². The Kier molecular flexibility index (Phi) is 3.47. The van der Waals surface area contributed by atoms with Gasteiger partial charge in [-0.2, -0.15) is 0 Å². The highest BCUT2D eigenvalue weighted by Gasteiger charge is 2.16. The second-order valence-electron chi connectivity index (χ2n) is 4.45. The van der Waals surface area contributed by atoms with E-state index in [-0.39, 0.29) is 0 Å². The lowest BCUT2D eigenvalue weighted by Crippen LogP contribution is -2.14. The van der Waals surface area contributed by atoms with Gasteiger partial charge >= 0.3 is 0 Å². The van der Waals surface area contributed by atoms with Gasteiger partial charge in [-0.25, -0.2) is 0 Å². The van der Waals surface area contributed by atoms with Crippen LogP contribution in [-0.2, 0) is 6.42 Å². The summed E-state index contributed by atoms with van der Waals surface area (Å²) in [6.45, 7) is 6.90. The first-order chi connectivity index (χ1) is 6.14. The fourth-order valence-corrected chi connectivity index (χ4v) is 1.82. The van der Waals surface area contributed by atoms with E-state index in [9.17, 15) is 0 Å². The molecule has 0 aliphatic heterocycles. The fraction of sp³-hybridized carbons (Fsp3) is 0.583. The van der Waals surface area contributed by atoms with Crippen LogP contribution < -0.4 is 0 Å². The van der Waals surface area contributed by atoms with Crippen LogP contribution in [0.5, 0.6) is 0 Å². The predicted octanol–water partition coefficient (Wildman–Crippen LogP) is 3.45. The third-order valence-corrected chi connectivity index (χ3v) is 2.36. The largest absolute Gasteiger partial charge is 0.265 e. The maximum atomic E-state index is 4.02. The van der Waals surface area contributed by atoms with E-state index in [2.05, 4.69) is 37.9 Å². The highest BCUT2D eigenvalue weighted by Crippen LogP contribution is 2.26. The zero-order valence-corrected chi connectivity index (χ0v) is 8.88. The van der Waals surface area contributed by atoms with E-state index in [1.807, 2.05) is 12.4 Å². The summed E-state index contributed by atoms with van der Waals surface area (Å²) in [5.41, 5.74) is 1.82. The Labute approximate surface area is 81.2 Å². The first kappa shape index (κ1) is 10.2. The van der Waals surface area contributed by atoms with E-state index in [0.29, 0.717) is 5.41 Å². The Bertz CT molecular complexity index is 239. The topological polar surface area (TPSA) is 12.9 Å². The fourth-order valence-electron chi connectivity index (χ4n) is 1.82. The standard InChI is InChI=1S/C12H19N/c1-4-7-12(2,3)10-11-5-8-13-9-6-11/h5-6,8-9H,4,7,10H2,1-3H3. The molecule has 1 nitrogen and oxygen atoms in total. The van der Waals surface area contributed by atoms with E-state index < -0.39 is 0 Å². The summed E-state index contributed by atoms with van der Waals surface area (Å²) in [4.78, 5) is 4.02. The van der Waals surface area contributed by atoms with Crippen molar-refractivity contribution in [2.24, 2.45) is 5.41 Å². The first-order valence-electron chi connectivity index (χ1n) is 5.03. The molecule has 1 rings (SSSR count). The molecule has 0 fully saturated rings. The van der Waals surface area contributed by atoms with Gasteiger partial charge in [0.05, 0.1) is 0 Å². The third kappa shape index (κ3) is 3.58. The van der Waals surface area contributed by atoms with E-state index in [0.717, 1.165) is 6.42 Å². The molecule has 0 bridgehead atoms. The Morgan fingerprint density at radius 1 is 1.23 bits per heavy atom. The molecule has 1 heteroatoms. The van der Waals surface area contributed by atoms with Crippen molar-refractivity contribution < 1.29 is 0 Å². The van der Waals surface area contributed by atoms with Gasteiger partial charge in [-0.3, -0.25) is 4.98 Å². The van der Waals surface area contributed by atoms with Crippen molar-refractivity contribution in [2.45, 2.75) is 40.0 Å². The van der Waals surface area contributed by atoms with E-state index in [1.165, 1.54) is 18.4 Å². The number of hydrogen-bond acceptors (Lipinski definition) is 1. The van der Waals surface area contributed by atoms with Crippen LogP contribution in [0.4, 0.5) is 0 Å². The summed E-state index contributed by atoms with van der Waals surface area (Å²) in [6, 6.07) is 4.22. The Morgan fingerprint density at radius 3 is 2.38 bits per heavy atom. The van der Waals surface area contributed by atoms with Gasteiger partial charge in [0, 0.05) is 12.4 Å². The molecule has 0 unspecified atom stereocenters. The van der Waals surface area contributed by atoms with E-state index in [1.54, 1.807) is 0 Å². The van der Waals surface area contributed by atoms with Gasteiger partial charge in [0.1, 0.15) is 0 Å². The molecule has 0 aliphatic carbocycles. The average molecular weight is 177 g/mol. The Morgan fingerprint density at radius 2 is 1.85 bits per heavy atom. The van der Waals surface area contributed by atoms with Gasteiger partial charge in [0.2, 0.25) is 0 Å². The molecule has 0 atom stereocenters. The molecule has 0 radical (unpaired) electrons. The summed E-state index contributed by atoms with van der Waals surface area (Å²) < 4.78 is 0. The normalized spacial score (nSPS) is 11.6. The summed E-state index contributed by atoms with van der Waals surface area (Å²) in [5, 5.41) is 0. The lowest BCUT2D eigenvalue weighted by atomic mass is 9.82. The summed E-state index contributed by atoms with van der Waals surface area (Å²) >= 11 is 0. The van der Waals surface area contributed by atoms with Crippen molar-refractivity contribution in [2.75, 3.05) is 0 Å². The second kappa shape index (κ2) is 4.40. The van der Waals surface area contributed by atoms with Crippen molar-refractivity contribution in [3.8, 4) is 0 Å². The minimum Gasteiger partial charge on any atom is -0.265 e. The molecular weight excluding hydrogens is 158 g/mol. The van der Waals surface area contributed by atoms with Gasteiger partial charge in [-0.15, -0.1) is 0 Å². The number of nitrogens with zero attached hydrogens (tertiary/aromatic N) is 1. The molecule has 0 aromatic carbocycles. The summed E-state index contributed by atoms with van der Waals surface area (Å²) in [5.74, 6) is 0. The van der Waals surface area contributed by atoms with Crippen LogP contribution >= 0.6 is 0 Å². The first-order valence-corrected chi connectivity index (χ1v) is 5.03. The van der Waals surface area contributed by atoms with Gasteiger partial charge < -0.3 is 0 Å². The molecule has 0 amide bonds. The van der Waals surface area contributed by atoms with Crippen LogP contribution in [0.2, 0.25) is 0 Å². The van der Waals surface area contributed by atoms with Crippen molar-refractivity contribution in [3.05, 3.63) is 30.1 Å². The molecule has 0 spiro atoms. The van der Waals surface area contributed by atoms with Crippen molar-refractivity contribution in [3.63, 3.8) is 0 Å². The molecule has 1 aromatic heterocycles. The van der Waals surface area contributed by atoms with Crippen LogP contribution in [0, 0.1) is 5.41 Å². The summed E-state index contributed by atoms with van der Waals surface area (Å²) in [6.07, 6.45) is 7.45. The molecule has 13 heavy (non-hydrogen) atoms. The van der Waals surface area contributed by atoms with Crippen LogP contribution in [-0.4, -0.2) is 4.98 Å². The summed E-state index contributed by atoms with van der Waals surface area (Å²) in [7, 11) is 0. The van der Waals surface area contributed by atoms with E-state index >= 15 is 0 Å². The van der Waals surface area contributed by atoms with Crippen molar-refractivity contribution >= 4 is 0 Å². The van der Waals surface area contributed by atoms with Crippen LogP contribution in [0.3, 0.4) is 0 Å². The Hall–Kier alpha value is -0.850. The molecule has 0 aliphatic rings. The van der Waals surface area contributed by atoms with Crippen LogP contribution in [0.1, 0.15) is 39.2 Å². The SMILES string of the molecule is CCCC(C)(C)Cc1ccncc1. The smallest absolute Gasteiger partial charge is 0.0270 e. The van der Waals surface area contributed by atoms with Gasteiger partial charge in [0.25, 0.3) is 0 Å². The zero-order chi connectivity index (χ0) is 9.73. The average Bonchev–Trinajstić information content (AvgIpc) is 2.04. The second-order valence-corrected chi connectivity index (χ2v) is 4.45. The van der Waals surface area contributed by atoms with Crippen LogP contribution in [0.25, 0.3) is 0 Å². The lowest BCUT2D eigenvalue weighted by Gasteiger charge is -2.23. The van der Waals surface area contributed by atoms with Gasteiger partial charge in [-0.1, -0.05) is 27.2 Å². The highest BCUT2D eigenvalue weighted by atomic mass is 14.6. The number of pyridine rings is 1. The van der Waals surface area contributed by atoms with E-state index in [4.69, 9.17) is 0 Å². The zero-order valence-electron chi connectivity index (χ0n) is 8.88. The maximum Gasteiger partial charge on any atom is 0.0270 e. The Balaban J connectivity index is 2.58. The molecule has 1 heterocycles. The highest BCUT2D eigenvalue weighted by molar-refractivity contribution is 5.11. The number of aromatic nitrogens is 1. The van der Waals surface area contributed by atoms with Crippen LogP contribution in [0.15, 0.2) is 24.5 Å². The monoisotopic (exact) mass is 177 g/mol. The number of rotatable bonds is 4. The third-order valence-electron chi connectivity index (χ3n) is 2.36. The maximum absolute atomic E-state index is 4.02. The predicted molar refractivity (Wildman–Crippen MR) is 56.6 cm³/mol. The minimum absolute atomic E-state index is 0.427. The molecule has 1 aromatic rings.